The maximum atomic E-state index is 5.76. The van der Waals surface area contributed by atoms with Crippen LogP contribution in [0.2, 0.25) is 0 Å². The third-order valence-electron chi connectivity index (χ3n) is 2.93. The highest BCUT2D eigenvalue weighted by Crippen LogP contribution is 2.12. The van der Waals surface area contributed by atoms with Gasteiger partial charge in [0, 0.05) is 6.54 Å². The molecule has 5 heteroatoms. The number of hydrogen-bond acceptors (Lipinski definition) is 2. The number of nitrogens with one attached hydrogen (secondary N) is 1. The highest BCUT2D eigenvalue weighted by molar-refractivity contribution is 14.0. The van der Waals surface area contributed by atoms with E-state index in [0.29, 0.717) is 12.5 Å². The molecule has 0 heterocycles. The van der Waals surface area contributed by atoms with Crippen LogP contribution in [0.3, 0.4) is 0 Å². The molecule has 0 bridgehead atoms. The quantitative estimate of drug-likeness (QED) is 0.213. The normalized spacial score (nSPS) is 10.7. The SMILES string of the molecule is C=C(C)CN=C(N)NCCc1ccc(OCCCC)cc1.I. The van der Waals surface area contributed by atoms with Crippen LogP contribution < -0.4 is 15.8 Å². The third kappa shape index (κ3) is 9.65. The van der Waals surface area contributed by atoms with E-state index in [9.17, 15) is 0 Å². The van der Waals surface area contributed by atoms with Crippen LogP contribution in [0, 0.1) is 0 Å². The second kappa shape index (κ2) is 12.3. The summed E-state index contributed by atoms with van der Waals surface area (Å²) in [6.45, 7) is 10.00. The number of nitrogens with two attached hydrogens (primary N) is 1. The van der Waals surface area contributed by atoms with Gasteiger partial charge in [0.2, 0.25) is 0 Å². The Hall–Kier alpha value is -1.24. The molecule has 22 heavy (non-hydrogen) atoms. The lowest BCUT2D eigenvalue weighted by Crippen LogP contribution is -2.33. The van der Waals surface area contributed by atoms with Crippen LogP contribution in [0.15, 0.2) is 41.4 Å². The van der Waals surface area contributed by atoms with Gasteiger partial charge in [-0.3, -0.25) is 0 Å². The molecule has 0 unspecified atom stereocenters. The largest absolute Gasteiger partial charge is 0.494 e. The van der Waals surface area contributed by atoms with E-state index in [0.717, 1.165) is 43.7 Å². The van der Waals surface area contributed by atoms with Gasteiger partial charge >= 0.3 is 0 Å². The number of guanidine groups is 1. The number of rotatable bonds is 9. The van der Waals surface area contributed by atoms with Gasteiger partial charge in [-0.25, -0.2) is 4.99 Å². The number of ether oxygens (including phenoxy) is 1. The fourth-order valence-corrected chi connectivity index (χ4v) is 1.70. The molecule has 1 rings (SSSR count). The Kier molecular flexibility index (Phi) is 11.6. The van der Waals surface area contributed by atoms with Gasteiger partial charge in [-0.15, -0.1) is 24.0 Å². The van der Waals surface area contributed by atoms with Crippen molar-refractivity contribution in [1.29, 1.82) is 0 Å². The van der Waals surface area contributed by atoms with Crippen LogP contribution in [-0.2, 0) is 6.42 Å². The molecule has 0 spiro atoms. The zero-order valence-corrected chi connectivity index (χ0v) is 15.9. The minimum Gasteiger partial charge on any atom is -0.494 e. The van der Waals surface area contributed by atoms with Gasteiger partial charge < -0.3 is 15.8 Å². The first-order valence-corrected chi connectivity index (χ1v) is 7.51. The molecular formula is C17H28IN3O. The van der Waals surface area contributed by atoms with Gasteiger partial charge in [-0.2, -0.15) is 0 Å². The van der Waals surface area contributed by atoms with E-state index in [2.05, 4.69) is 35.9 Å². The van der Waals surface area contributed by atoms with Crippen LogP contribution in [0.5, 0.6) is 5.75 Å². The molecular weight excluding hydrogens is 389 g/mol. The molecule has 1 aromatic carbocycles. The first-order valence-electron chi connectivity index (χ1n) is 7.51. The van der Waals surface area contributed by atoms with Gasteiger partial charge in [-0.05, 0) is 37.5 Å². The minimum atomic E-state index is 0. The Morgan fingerprint density at radius 3 is 2.59 bits per heavy atom. The van der Waals surface area contributed by atoms with Crippen molar-refractivity contribution in [3.63, 3.8) is 0 Å². The molecule has 124 valence electrons. The van der Waals surface area contributed by atoms with E-state index in [1.54, 1.807) is 0 Å². The minimum absolute atomic E-state index is 0. The Morgan fingerprint density at radius 2 is 2.00 bits per heavy atom. The van der Waals surface area contributed by atoms with Crippen LogP contribution in [0.4, 0.5) is 0 Å². The molecule has 0 aliphatic rings. The zero-order valence-electron chi connectivity index (χ0n) is 13.6. The van der Waals surface area contributed by atoms with Gasteiger partial charge in [0.15, 0.2) is 5.96 Å². The summed E-state index contributed by atoms with van der Waals surface area (Å²) in [6, 6.07) is 8.21. The number of hydrogen-bond donors (Lipinski definition) is 2. The van der Waals surface area contributed by atoms with E-state index in [1.165, 1.54) is 5.56 Å². The van der Waals surface area contributed by atoms with Crippen molar-refractivity contribution in [3.8, 4) is 5.75 Å². The lowest BCUT2D eigenvalue weighted by molar-refractivity contribution is 0.309. The van der Waals surface area contributed by atoms with Crippen molar-refractivity contribution in [2.45, 2.75) is 33.1 Å². The Balaban J connectivity index is 0.00000441. The summed E-state index contributed by atoms with van der Waals surface area (Å²) in [5.74, 6) is 1.40. The topological polar surface area (TPSA) is 59.6 Å². The van der Waals surface area contributed by atoms with Crippen LogP contribution in [0.25, 0.3) is 0 Å². The van der Waals surface area contributed by atoms with E-state index in [4.69, 9.17) is 10.5 Å². The number of benzene rings is 1. The highest BCUT2D eigenvalue weighted by Gasteiger charge is 1.97. The van der Waals surface area contributed by atoms with Crippen molar-refractivity contribution < 1.29 is 4.74 Å². The maximum Gasteiger partial charge on any atom is 0.188 e. The molecule has 0 saturated heterocycles. The number of halogens is 1. The van der Waals surface area contributed by atoms with E-state index in [1.807, 2.05) is 19.1 Å². The molecule has 0 aromatic heterocycles. The standard InChI is InChI=1S/C17H27N3O.HI/c1-4-5-12-21-16-8-6-15(7-9-16)10-11-19-17(18)20-13-14(2)3;/h6-9H,2,4-5,10-13H2,1,3H3,(H3,18,19,20);1H. The van der Waals surface area contributed by atoms with Crippen molar-refractivity contribution >= 4 is 29.9 Å². The molecule has 0 fully saturated rings. The number of nitrogens with zero attached hydrogens (tertiary/aromatic N) is 1. The molecule has 0 aliphatic carbocycles. The first-order chi connectivity index (χ1) is 10.1. The first kappa shape index (κ1) is 20.8. The Labute approximate surface area is 151 Å². The van der Waals surface area contributed by atoms with E-state index >= 15 is 0 Å². The number of unbranched alkanes of at least 4 members (excludes halogenated alkanes) is 1. The predicted molar refractivity (Wildman–Crippen MR) is 105 cm³/mol. The van der Waals surface area contributed by atoms with Crippen molar-refractivity contribution in [2.75, 3.05) is 19.7 Å². The van der Waals surface area contributed by atoms with Crippen molar-refractivity contribution in [2.24, 2.45) is 10.7 Å². The average molecular weight is 417 g/mol. The van der Waals surface area contributed by atoms with Crippen LogP contribution >= 0.6 is 24.0 Å². The fraction of sp³-hybridized carbons (Fsp3) is 0.471. The summed E-state index contributed by atoms with van der Waals surface area (Å²) < 4.78 is 5.64. The molecule has 0 radical (unpaired) electrons. The summed E-state index contributed by atoms with van der Waals surface area (Å²) in [5.41, 5.74) is 8.00. The van der Waals surface area contributed by atoms with Crippen molar-refractivity contribution in [1.82, 2.24) is 5.32 Å². The van der Waals surface area contributed by atoms with E-state index in [-0.39, 0.29) is 24.0 Å². The van der Waals surface area contributed by atoms with Crippen LogP contribution in [-0.4, -0.2) is 25.7 Å². The second-order valence-corrected chi connectivity index (χ2v) is 5.18. The van der Waals surface area contributed by atoms with Crippen LogP contribution in [0.1, 0.15) is 32.3 Å². The summed E-state index contributed by atoms with van der Waals surface area (Å²) in [5, 5.41) is 3.10. The van der Waals surface area contributed by atoms with Gasteiger partial charge in [0.05, 0.1) is 13.2 Å². The maximum absolute atomic E-state index is 5.76. The molecule has 0 saturated carbocycles. The predicted octanol–water partition coefficient (Wildman–Crippen LogP) is 3.51. The lowest BCUT2D eigenvalue weighted by Gasteiger charge is -2.08. The molecule has 0 amide bonds. The summed E-state index contributed by atoms with van der Waals surface area (Å²) in [7, 11) is 0. The third-order valence-corrected chi connectivity index (χ3v) is 2.93. The molecule has 3 N–H and O–H groups in total. The zero-order chi connectivity index (χ0) is 15.5. The average Bonchev–Trinajstić information content (AvgIpc) is 2.47. The highest BCUT2D eigenvalue weighted by atomic mass is 127. The summed E-state index contributed by atoms with van der Waals surface area (Å²) in [4.78, 5) is 4.17. The second-order valence-electron chi connectivity index (χ2n) is 5.18. The van der Waals surface area contributed by atoms with E-state index < -0.39 is 0 Å². The molecule has 0 aliphatic heterocycles. The van der Waals surface area contributed by atoms with Gasteiger partial charge in [0.25, 0.3) is 0 Å². The van der Waals surface area contributed by atoms with Crippen molar-refractivity contribution in [3.05, 3.63) is 42.0 Å². The van der Waals surface area contributed by atoms with Gasteiger partial charge in [-0.1, -0.05) is 37.6 Å². The number of aliphatic imine (C=N–C) groups is 1. The molecule has 4 nitrogen and oxygen atoms in total. The Morgan fingerprint density at radius 1 is 1.32 bits per heavy atom. The fourth-order valence-electron chi connectivity index (χ4n) is 1.70. The van der Waals surface area contributed by atoms with Gasteiger partial charge in [0.1, 0.15) is 5.75 Å². The Bertz CT molecular complexity index is 457. The summed E-state index contributed by atoms with van der Waals surface area (Å²) >= 11 is 0. The smallest absolute Gasteiger partial charge is 0.188 e. The molecule has 0 atom stereocenters. The molecule has 1 aromatic rings. The lowest BCUT2D eigenvalue weighted by atomic mass is 10.1. The monoisotopic (exact) mass is 417 g/mol. The summed E-state index contributed by atoms with van der Waals surface area (Å²) in [6.07, 6.45) is 3.14.